The Morgan fingerprint density at radius 2 is 2.13 bits per heavy atom. The molecule has 1 aromatic carbocycles. The van der Waals surface area contributed by atoms with Crippen LogP contribution < -0.4 is 10.6 Å². The van der Waals surface area contributed by atoms with Gasteiger partial charge in [0.25, 0.3) is 0 Å². The standard InChI is InChI=1S/C17H19F2N3O/c1-2-8-20-17(21-9-7-15-4-3-10-23-15)22-12-13-11-14(18)5-6-16(13)19/h2-6,10-11H,1,7-9,12H2,(H2,20,21,22). The maximum Gasteiger partial charge on any atom is 0.191 e. The van der Waals surface area contributed by atoms with Gasteiger partial charge in [0.05, 0.1) is 12.8 Å². The van der Waals surface area contributed by atoms with Crippen molar-refractivity contribution in [3.63, 3.8) is 0 Å². The molecular weight excluding hydrogens is 300 g/mol. The van der Waals surface area contributed by atoms with E-state index in [1.165, 1.54) is 0 Å². The summed E-state index contributed by atoms with van der Waals surface area (Å²) in [5, 5.41) is 6.14. The number of nitrogens with one attached hydrogen (secondary N) is 2. The molecule has 0 bridgehead atoms. The Labute approximate surface area is 133 Å². The smallest absolute Gasteiger partial charge is 0.191 e. The number of hydrogen-bond acceptors (Lipinski definition) is 2. The van der Waals surface area contributed by atoms with Crippen LogP contribution in [-0.2, 0) is 13.0 Å². The van der Waals surface area contributed by atoms with Gasteiger partial charge in [0, 0.05) is 25.1 Å². The van der Waals surface area contributed by atoms with E-state index in [0.29, 0.717) is 25.5 Å². The first kappa shape index (κ1) is 16.7. The number of furan rings is 1. The summed E-state index contributed by atoms with van der Waals surface area (Å²) in [5.41, 5.74) is 0.204. The van der Waals surface area contributed by atoms with Crippen LogP contribution in [0, 0.1) is 11.6 Å². The fraction of sp³-hybridized carbons (Fsp3) is 0.235. The first-order valence-corrected chi connectivity index (χ1v) is 7.28. The van der Waals surface area contributed by atoms with Gasteiger partial charge in [-0.3, -0.25) is 0 Å². The monoisotopic (exact) mass is 319 g/mol. The van der Waals surface area contributed by atoms with Crippen LogP contribution in [0.15, 0.2) is 58.7 Å². The minimum atomic E-state index is -0.483. The second-order valence-electron chi connectivity index (χ2n) is 4.83. The Kier molecular flexibility index (Phi) is 6.35. The molecule has 1 heterocycles. The summed E-state index contributed by atoms with van der Waals surface area (Å²) >= 11 is 0. The van der Waals surface area contributed by atoms with E-state index in [4.69, 9.17) is 4.42 Å². The number of halogens is 2. The lowest BCUT2D eigenvalue weighted by Crippen LogP contribution is -2.38. The van der Waals surface area contributed by atoms with Crippen molar-refractivity contribution < 1.29 is 13.2 Å². The predicted molar refractivity (Wildman–Crippen MR) is 86.1 cm³/mol. The van der Waals surface area contributed by atoms with E-state index in [-0.39, 0.29) is 12.1 Å². The van der Waals surface area contributed by atoms with E-state index in [2.05, 4.69) is 22.2 Å². The highest BCUT2D eigenvalue weighted by Gasteiger charge is 2.04. The number of nitrogens with zero attached hydrogens (tertiary/aromatic N) is 1. The van der Waals surface area contributed by atoms with Crippen molar-refractivity contribution in [3.8, 4) is 0 Å². The van der Waals surface area contributed by atoms with Crippen molar-refractivity contribution in [1.29, 1.82) is 0 Å². The van der Waals surface area contributed by atoms with Gasteiger partial charge in [0.15, 0.2) is 5.96 Å². The van der Waals surface area contributed by atoms with Crippen LogP contribution in [0.3, 0.4) is 0 Å². The van der Waals surface area contributed by atoms with E-state index in [9.17, 15) is 8.78 Å². The zero-order valence-electron chi connectivity index (χ0n) is 12.7. The molecule has 0 fully saturated rings. The molecule has 0 unspecified atom stereocenters. The Bertz CT molecular complexity index is 654. The molecule has 0 saturated heterocycles. The highest BCUT2D eigenvalue weighted by Crippen LogP contribution is 2.10. The van der Waals surface area contributed by atoms with Crippen LogP contribution in [0.2, 0.25) is 0 Å². The molecule has 0 aliphatic rings. The van der Waals surface area contributed by atoms with E-state index in [1.807, 2.05) is 12.1 Å². The third kappa shape index (κ3) is 5.58. The van der Waals surface area contributed by atoms with Crippen LogP contribution >= 0.6 is 0 Å². The van der Waals surface area contributed by atoms with Crippen molar-refractivity contribution in [2.45, 2.75) is 13.0 Å². The molecule has 2 aromatic rings. The van der Waals surface area contributed by atoms with Crippen molar-refractivity contribution in [3.05, 3.63) is 72.2 Å². The highest BCUT2D eigenvalue weighted by molar-refractivity contribution is 5.79. The third-order valence-electron chi connectivity index (χ3n) is 3.07. The van der Waals surface area contributed by atoms with Crippen molar-refractivity contribution in [2.75, 3.05) is 13.1 Å². The lowest BCUT2D eigenvalue weighted by molar-refractivity contribution is 0.507. The van der Waals surface area contributed by atoms with Crippen LogP contribution in [0.1, 0.15) is 11.3 Å². The average molecular weight is 319 g/mol. The molecule has 23 heavy (non-hydrogen) atoms. The molecule has 0 amide bonds. The third-order valence-corrected chi connectivity index (χ3v) is 3.07. The van der Waals surface area contributed by atoms with Gasteiger partial charge in [-0.05, 0) is 30.3 Å². The number of benzene rings is 1. The Balaban J connectivity index is 1.95. The Hall–Kier alpha value is -2.63. The molecule has 1 aromatic heterocycles. The molecule has 2 N–H and O–H groups in total. The molecule has 0 aliphatic carbocycles. The summed E-state index contributed by atoms with van der Waals surface area (Å²) in [4.78, 5) is 4.26. The first-order chi connectivity index (χ1) is 11.2. The molecule has 4 nitrogen and oxygen atoms in total. The lowest BCUT2D eigenvalue weighted by atomic mass is 10.2. The summed E-state index contributed by atoms with van der Waals surface area (Å²) in [6.07, 6.45) is 4.00. The number of rotatable bonds is 7. The maximum absolute atomic E-state index is 13.6. The molecule has 122 valence electrons. The molecule has 0 atom stereocenters. The Morgan fingerprint density at radius 1 is 1.26 bits per heavy atom. The normalized spacial score (nSPS) is 11.3. The van der Waals surface area contributed by atoms with E-state index in [0.717, 1.165) is 24.0 Å². The summed E-state index contributed by atoms with van der Waals surface area (Å²) in [6, 6.07) is 7.04. The van der Waals surface area contributed by atoms with Crippen molar-refractivity contribution in [1.82, 2.24) is 10.6 Å². The zero-order chi connectivity index (χ0) is 16.5. The van der Waals surface area contributed by atoms with Gasteiger partial charge >= 0.3 is 0 Å². The van der Waals surface area contributed by atoms with Crippen LogP contribution in [0.5, 0.6) is 0 Å². The molecule has 0 radical (unpaired) electrons. The van der Waals surface area contributed by atoms with Gasteiger partial charge in [0.2, 0.25) is 0 Å². The molecule has 2 rings (SSSR count). The molecule has 0 aliphatic heterocycles. The second kappa shape index (κ2) is 8.73. The van der Waals surface area contributed by atoms with Gasteiger partial charge < -0.3 is 15.1 Å². The molecule has 0 saturated carbocycles. The van der Waals surface area contributed by atoms with E-state index >= 15 is 0 Å². The van der Waals surface area contributed by atoms with Crippen molar-refractivity contribution in [2.24, 2.45) is 4.99 Å². The largest absolute Gasteiger partial charge is 0.469 e. The highest BCUT2D eigenvalue weighted by atomic mass is 19.1. The summed E-state index contributed by atoms with van der Waals surface area (Å²) in [6.45, 7) is 4.78. The fourth-order valence-corrected chi connectivity index (χ4v) is 1.93. The minimum absolute atomic E-state index is 0.0385. The van der Waals surface area contributed by atoms with Gasteiger partial charge in [0.1, 0.15) is 17.4 Å². The van der Waals surface area contributed by atoms with Crippen molar-refractivity contribution >= 4 is 5.96 Å². The quantitative estimate of drug-likeness (QED) is 0.468. The van der Waals surface area contributed by atoms with E-state index < -0.39 is 11.6 Å². The number of guanidine groups is 1. The summed E-state index contributed by atoms with van der Waals surface area (Å²) in [7, 11) is 0. The first-order valence-electron chi connectivity index (χ1n) is 7.28. The van der Waals surface area contributed by atoms with Crippen LogP contribution in [-0.4, -0.2) is 19.0 Å². The average Bonchev–Trinajstić information content (AvgIpc) is 3.05. The topological polar surface area (TPSA) is 49.6 Å². The summed E-state index contributed by atoms with van der Waals surface area (Å²) < 4.78 is 32.0. The van der Waals surface area contributed by atoms with Crippen LogP contribution in [0.4, 0.5) is 8.78 Å². The zero-order valence-corrected chi connectivity index (χ0v) is 12.7. The SMILES string of the molecule is C=CCNC(=NCc1cc(F)ccc1F)NCCc1ccco1. The Morgan fingerprint density at radius 3 is 2.87 bits per heavy atom. The minimum Gasteiger partial charge on any atom is -0.469 e. The predicted octanol–water partition coefficient (Wildman–Crippen LogP) is 3.02. The lowest BCUT2D eigenvalue weighted by Gasteiger charge is -2.11. The maximum atomic E-state index is 13.6. The molecule has 6 heteroatoms. The number of aliphatic imine (C=N–C) groups is 1. The summed E-state index contributed by atoms with van der Waals surface area (Å²) in [5.74, 6) is 0.397. The van der Waals surface area contributed by atoms with E-state index in [1.54, 1.807) is 12.3 Å². The van der Waals surface area contributed by atoms with Gasteiger partial charge in [-0.25, -0.2) is 13.8 Å². The fourth-order valence-electron chi connectivity index (χ4n) is 1.93. The van der Waals surface area contributed by atoms with Crippen LogP contribution in [0.25, 0.3) is 0 Å². The second-order valence-corrected chi connectivity index (χ2v) is 4.83. The van der Waals surface area contributed by atoms with Gasteiger partial charge in [-0.1, -0.05) is 6.08 Å². The molecular formula is C17H19F2N3O. The van der Waals surface area contributed by atoms with Gasteiger partial charge in [-0.2, -0.15) is 0 Å². The number of hydrogen-bond donors (Lipinski definition) is 2. The molecule has 0 spiro atoms. The van der Waals surface area contributed by atoms with Gasteiger partial charge in [-0.15, -0.1) is 6.58 Å².